The summed E-state index contributed by atoms with van der Waals surface area (Å²) in [4.78, 5) is 0. The molecular weight excluding hydrogens is 236 g/mol. The molecule has 0 bridgehead atoms. The molecule has 0 radical (unpaired) electrons. The van der Waals surface area contributed by atoms with Gasteiger partial charge in [0.1, 0.15) is 0 Å². The Morgan fingerprint density at radius 2 is 1.39 bits per heavy atom. The van der Waals surface area contributed by atoms with Crippen LogP contribution in [-0.4, -0.2) is 0 Å². The molecule has 1 unspecified atom stereocenters. The van der Waals surface area contributed by atoms with E-state index in [2.05, 4.69) is 73.3 Å². The molecule has 0 aliphatic rings. The molecule has 0 aliphatic heterocycles. The maximum atomic E-state index is 4.68. The zero-order valence-electron chi connectivity index (χ0n) is 10.6. The van der Waals surface area contributed by atoms with Gasteiger partial charge in [-0.05, 0) is 30.4 Å². The largest absolute Gasteiger partial charge is 0.171 e. The number of unbranched alkanes of at least 4 members (excludes halogenated alkanes) is 1. The van der Waals surface area contributed by atoms with Crippen LogP contribution in [0.25, 0.3) is 0 Å². The number of thiol groups is 1. The highest BCUT2D eigenvalue weighted by Gasteiger charge is 2.04. The Bertz CT molecular complexity index is 436. The lowest BCUT2D eigenvalue weighted by molar-refractivity contribution is 0.672. The third-order valence-corrected chi connectivity index (χ3v) is 3.78. The molecule has 0 saturated heterocycles. The number of hydrogen-bond acceptors (Lipinski definition) is 1. The van der Waals surface area contributed by atoms with Crippen molar-refractivity contribution in [1.82, 2.24) is 0 Å². The monoisotopic (exact) mass is 256 g/mol. The average molecular weight is 256 g/mol. The van der Waals surface area contributed by atoms with E-state index < -0.39 is 0 Å². The van der Waals surface area contributed by atoms with Crippen LogP contribution in [0, 0.1) is 0 Å². The first-order chi connectivity index (χ1) is 8.86. The van der Waals surface area contributed by atoms with Crippen LogP contribution in [0.3, 0.4) is 0 Å². The van der Waals surface area contributed by atoms with Gasteiger partial charge in [0.2, 0.25) is 0 Å². The third kappa shape index (κ3) is 4.23. The number of rotatable bonds is 6. The van der Waals surface area contributed by atoms with Crippen LogP contribution in [0.2, 0.25) is 0 Å². The molecule has 18 heavy (non-hydrogen) atoms. The topological polar surface area (TPSA) is 0 Å². The van der Waals surface area contributed by atoms with Crippen molar-refractivity contribution in [3.05, 3.63) is 71.8 Å². The summed E-state index contributed by atoms with van der Waals surface area (Å²) in [6.45, 7) is 0. The molecule has 0 spiro atoms. The van der Waals surface area contributed by atoms with E-state index in [-0.39, 0.29) is 0 Å². The highest BCUT2D eigenvalue weighted by Crippen LogP contribution is 2.25. The lowest BCUT2D eigenvalue weighted by Gasteiger charge is -2.10. The fourth-order valence-electron chi connectivity index (χ4n) is 2.15. The lowest BCUT2D eigenvalue weighted by atomic mass is 10.0. The normalized spacial score (nSPS) is 12.3. The summed E-state index contributed by atoms with van der Waals surface area (Å²) >= 11 is 4.68. The summed E-state index contributed by atoms with van der Waals surface area (Å²) in [7, 11) is 0. The van der Waals surface area contributed by atoms with Crippen molar-refractivity contribution in [3.63, 3.8) is 0 Å². The number of hydrogen-bond donors (Lipinski definition) is 1. The number of benzene rings is 2. The standard InChI is InChI=1S/C17H20S/c18-17(16-12-5-2-6-13-16)14-8-7-11-15-9-3-1-4-10-15/h1-6,9-10,12-13,17-18H,7-8,11,14H2. The Kier molecular flexibility index (Phi) is 5.35. The fraction of sp³-hybridized carbons (Fsp3) is 0.294. The Hall–Kier alpha value is -1.21. The van der Waals surface area contributed by atoms with Crippen LogP contribution in [0.5, 0.6) is 0 Å². The van der Waals surface area contributed by atoms with Gasteiger partial charge in [-0.25, -0.2) is 0 Å². The van der Waals surface area contributed by atoms with Gasteiger partial charge in [-0.15, -0.1) is 0 Å². The predicted molar refractivity (Wildman–Crippen MR) is 82.2 cm³/mol. The molecular formula is C17H20S. The van der Waals surface area contributed by atoms with E-state index in [9.17, 15) is 0 Å². The van der Waals surface area contributed by atoms with Crippen molar-refractivity contribution in [2.24, 2.45) is 0 Å². The molecule has 1 atom stereocenters. The van der Waals surface area contributed by atoms with Gasteiger partial charge >= 0.3 is 0 Å². The van der Waals surface area contributed by atoms with Gasteiger partial charge in [-0.3, -0.25) is 0 Å². The molecule has 0 N–H and O–H groups in total. The molecule has 1 heteroatoms. The Morgan fingerprint density at radius 3 is 2.06 bits per heavy atom. The first-order valence-corrected chi connectivity index (χ1v) is 7.15. The fourth-order valence-corrected chi connectivity index (χ4v) is 2.51. The Labute approximate surface area is 115 Å². The number of aryl methyl sites for hydroxylation is 1. The predicted octanol–water partition coefficient (Wildman–Crippen LogP) is 5.07. The van der Waals surface area contributed by atoms with E-state index in [0.717, 1.165) is 6.42 Å². The second-order valence-corrected chi connectivity index (χ2v) is 5.28. The molecule has 2 aromatic carbocycles. The Morgan fingerprint density at radius 1 is 0.778 bits per heavy atom. The van der Waals surface area contributed by atoms with Crippen molar-refractivity contribution in [3.8, 4) is 0 Å². The van der Waals surface area contributed by atoms with Crippen molar-refractivity contribution in [1.29, 1.82) is 0 Å². The lowest BCUT2D eigenvalue weighted by Crippen LogP contribution is -1.92. The maximum absolute atomic E-state index is 4.68. The van der Waals surface area contributed by atoms with Crippen molar-refractivity contribution < 1.29 is 0 Å². The zero-order chi connectivity index (χ0) is 12.6. The van der Waals surface area contributed by atoms with Gasteiger partial charge in [-0.2, -0.15) is 12.6 Å². The minimum Gasteiger partial charge on any atom is -0.171 e. The maximum Gasteiger partial charge on any atom is 0.0267 e. The van der Waals surface area contributed by atoms with Crippen LogP contribution in [0.4, 0.5) is 0 Å². The summed E-state index contributed by atoms with van der Waals surface area (Å²) in [6, 6.07) is 21.3. The van der Waals surface area contributed by atoms with Gasteiger partial charge in [0.05, 0.1) is 0 Å². The minimum atomic E-state index is 0.377. The Balaban J connectivity index is 1.70. The highest BCUT2D eigenvalue weighted by molar-refractivity contribution is 7.80. The van der Waals surface area contributed by atoms with E-state index in [1.54, 1.807) is 0 Å². The smallest absolute Gasteiger partial charge is 0.0267 e. The summed E-state index contributed by atoms with van der Waals surface area (Å²) in [5.74, 6) is 0. The van der Waals surface area contributed by atoms with Crippen molar-refractivity contribution >= 4 is 12.6 Å². The summed E-state index contributed by atoms with van der Waals surface area (Å²) < 4.78 is 0. The molecule has 2 aromatic rings. The van der Waals surface area contributed by atoms with E-state index in [4.69, 9.17) is 0 Å². The van der Waals surface area contributed by atoms with E-state index in [1.165, 1.54) is 30.4 Å². The van der Waals surface area contributed by atoms with Crippen molar-refractivity contribution in [2.45, 2.75) is 30.9 Å². The summed E-state index contributed by atoms with van der Waals surface area (Å²) in [6.07, 6.45) is 4.81. The van der Waals surface area contributed by atoms with E-state index >= 15 is 0 Å². The van der Waals surface area contributed by atoms with Gasteiger partial charge in [0.15, 0.2) is 0 Å². The van der Waals surface area contributed by atoms with Crippen LogP contribution in [0.1, 0.15) is 35.6 Å². The minimum absolute atomic E-state index is 0.377. The summed E-state index contributed by atoms with van der Waals surface area (Å²) in [5, 5.41) is 0.377. The molecule has 0 nitrogen and oxygen atoms in total. The highest BCUT2D eigenvalue weighted by atomic mass is 32.1. The third-order valence-electron chi connectivity index (χ3n) is 3.22. The van der Waals surface area contributed by atoms with Gasteiger partial charge in [0.25, 0.3) is 0 Å². The second kappa shape index (κ2) is 7.27. The molecule has 0 fully saturated rings. The first-order valence-electron chi connectivity index (χ1n) is 6.63. The zero-order valence-corrected chi connectivity index (χ0v) is 11.5. The molecule has 0 saturated carbocycles. The molecule has 94 valence electrons. The first kappa shape index (κ1) is 13.2. The van der Waals surface area contributed by atoms with Gasteiger partial charge in [-0.1, -0.05) is 67.1 Å². The SMILES string of the molecule is SC(CCCCc1ccccc1)c1ccccc1. The molecule has 0 aromatic heterocycles. The van der Waals surface area contributed by atoms with E-state index in [0.29, 0.717) is 5.25 Å². The van der Waals surface area contributed by atoms with Crippen LogP contribution < -0.4 is 0 Å². The molecule has 2 rings (SSSR count). The van der Waals surface area contributed by atoms with Crippen LogP contribution >= 0.6 is 12.6 Å². The van der Waals surface area contributed by atoms with Crippen molar-refractivity contribution in [2.75, 3.05) is 0 Å². The summed E-state index contributed by atoms with van der Waals surface area (Å²) in [5.41, 5.74) is 2.77. The second-order valence-electron chi connectivity index (χ2n) is 4.66. The quantitative estimate of drug-likeness (QED) is 0.541. The molecule has 0 aliphatic carbocycles. The van der Waals surface area contributed by atoms with Gasteiger partial charge < -0.3 is 0 Å². The van der Waals surface area contributed by atoms with Crippen LogP contribution in [0.15, 0.2) is 60.7 Å². The van der Waals surface area contributed by atoms with E-state index in [1.807, 2.05) is 0 Å². The average Bonchev–Trinajstić information content (AvgIpc) is 2.45. The van der Waals surface area contributed by atoms with Gasteiger partial charge in [0, 0.05) is 5.25 Å². The molecule has 0 heterocycles. The molecule has 0 amide bonds. The van der Waals surface area contributed by atoms with Crippen LogP contribution in [-0.2, 0) is 6.42 Å².